The summed E-state index contributed by atoms with van der Waals surface area (Å²) in [6.07, 6.45) is 3.17. The number of carbonyl (C=O) groups excluding carboxylic acids is 1. The number of ketones is 1. The Kier molecular flexibility index (Phi) is 3.61. The van der Waals surface area contributed by atoms with Crippen molar-refractivity contribution in [2.24, 2.45) is 0 Å². The fraction of sp³-hybridized carbons (Fsp3) is 0.154. The molecule has 0 amide bonds. The number of nitrogens with zero attached hydrogens (tertiary/aromatic N) is 3. The number of rotatable bonds is 3. The molecule has 0 aliphatic rings. The SMILES string of the molecule is Cc1cc2c(=O)n(CC(=O)c3cc(Cl)sc3Cl)ccn2n1. The van der Waals surface area contributed by atoms with E-state index in [4.69, 9.17) is 23.2 Å². The van der Waals surface area contributed by atoms with Crippen molar-refractivity contribution in [2.75, 3.05) is 0 Å². The van der Waals surface area contributed by atoms with Crippen LogP contribution in [0.3, 0.4) is 0 Å². The lowest BCUT2D eigenvalue weighted by Crippen LogP contribution is -2.25. The molecular formula is C13H9Cl2N3O2S. The second kappa shape index (κ2) is 5.29. The van der Waals surface area contributed by atoms with Gasteiger partial charge < -0.3 is 4.57 Å². The Morgan fingerprint density at radius 2 is 2.10 bits per heavy atom. The smallest absolute Gasteiger partial charge is 0.276 e. The van der Waals surface area contributed by atoms with Crippen LogP contribution in [0.2, 0.25) is 8.67 Å². The molecule has 3 heterocycles. The molecule has 0 unspecified atom stereocenters. The molecule has 0 fully saturated rings. The van der Waals surface area contributed by atoms with Gasteiger partial charge in [0.2, 0.25) is 0 Å². The molecule has 0 aliphatic carbocycles. The first-order valence-electron chi connectivity index (χ1n) is 5.99. The molecule has 108 valence electrons. The molecule has 0 bridgehead atoms. The standard InChI is InChI=1S/C13H9Cl2N3O2S/c1-7-4-9-13(20)17(2-3-18(9)16-7)6-10(19)8-5-11(14)21-12(8)15/h2-5H,6H2,1H3. The van der Waals surface area contributed by atoms with Gasteiger partial charge in [0.05, 0.1) is 22.1 Å². The van der Waals surface area contributed by atoms with Crippen LogP contribution in [-0.4, -0.2) is 20.0 Å². The molecule has 0 atom stereocenters. The molecule has 5 nitrogen and oxygen atoms in total. The molecule has 3 rings (SSSR count). The zero-order valence-electron chi connectivity index (χ0n) is 10.8. The van der Waals surface area contributed by atoms with E-state index in [1.165, 1.54) is 21.3 Å². The third-order valence-corrected chi connectivity index (χ3v) is 4.48. The number of halogens is 2. The topological polar surface area (TPSA) is 56.4 Å². The van der Waals surface area contributed by atoms with Crippen LogP contribution in [0.15, 0.2) is 29.3 Å². The summed E-state index contributed by atoms with van der Waals surface area (Å²) in [7, 11) is 0. The van der Waals surface area contributed by atoms with Crippen LogP contribution >= 0.6 is 34.5 Å². The molecule has 0 saturated heterocycles. The summed E-state index contributed by atoms with van der Waals surface area (Å²) in [6, 6.07) is 3.20. The number of hydrogen-bond acceptors (Lipinski definition) is 4. The second-order valence-electron chi connectivity index (χ2n) is 4.51. The van der Waals surface area contributed by atoms with Crippen LogP contribution in [0.5, 0.6) is 0 Å². The van der Waals surface area contributed by atoms with Crippen LogP contribution in [0, 0.1) is 6.92 Å². The van der Waals surface area contributed by atoms with E-state index in [0.29, 0.717) is 19.8 Å². The van der Waals surface area contributed by atoms with Gasteiger partial charge in [-0.2, -0.15) is 5.10 Å². The maximum absolute atomic E-state index is 12.3. The summed E-state index contributed by atoms with van der Waals surface area (Å²) in [4.78, 5) is 24.5. The van der Waals surface area contributed by atoms with Crippen molar-refractivity contribution in [1.29, 1.82) is 0 Å². The van der Waals surface area contributed by atoms with Gasteiger partial charge in [-0.1, -0.05) is 23.2 Å². The Balaban J connectivity index is 1.98. The second-order valence-corrected chi connectivity index (χ2v) is 6.79. The monoisotopic (exact) mass is 341 g/mol. The predicted molar refractivity (Wildman–Crippen MR) is 82.9 cm³/mol. The first-order valence-corrected chi connectivity index (χ1v) is 7.56. The highest BCUT2D eigenvalue weighted by Gasteiger charge is 2.16. The zero-order chi connectivity index (χ0) is 15.1. The van der Waals surface area contributed by atoms with Crippen LogP contribution in [-0.2, 0) is 6.54 Å². The normalized spacial score (nSPS) is 11.2. The van der Waals surface area contributed by atoms with Crippen molar-refractivity contribution in [3.63, 3.8) is 0 Å². The summed E-state index contributed by atoms with van der Waals surface area (Å²) >= 11 is 12.9. The summed E-state index contributed by atoms with van der Waals surface area (Å²) in [5.41, 5.74) is 1.23. The van der Waals surface area contributed by atoms with Crippen LogP contribution in [0.25, 0.3) is 5.52 Å². The fourth-order valence-corrected chi connectivity index (χ4v) is 3.54. The molecular weight excluding hydrogens is 333 g/mol. The van der Waals surface area contributed by atoms with Gasteiger partial charge in [0, 0.05) is 12.4 Å². The van der Waals surface area contributed by atoms with Crippen molar-refractivity contribution in [3.05, 3.63) is 54.8 Å². The number of aromatic nitrogens is 3. The average molecular weight is 342 g/mol. The summed E-state index contributed by atoms with van der Waals surface area (Å²) in [5, 5.41) is 4.15. The highest BCUT2D eigenvalue weighted by molar-refractivity contribution is 7.20. The van der Waals surface area contributed by atoms with E-state index >= 15 is 0 Å². The number of fused-ring (bicyclic) bond motifs is 1. The zero-order valence-corrected chi connectivity index (χ0v) is 13.2. The quantitative estimate of drug-likeness (QED) is 0.688. The maximum Gasteiger partial charge on any atom is 0.276 e. The van der Waals surface area contributed by atoms with Crippen molar-refractivity contribution >= 4 is 45.8 Å². The van der Waals surface area contributed by atoms with Gasteiger partial charge in [-0.05, 0) is 19.1 Å². The predicted octanol–water partition coefficient (Wildman–Crippen LogP) is 3.06. The molecule has 0 aromatic carbocycles. The van der Waals surface area contributed by atoms with Crippen LogP contribution in [0.4, 0.5) is 0 Å². The minimum Gasteiger partial charge on any atom is -0.304 e. The number of Topliss-reactive ketones (excluding diaryl/α,β-unsaturated/α-hetero) is 1. The lowest BCUT2D eigenvalue weighted by Gasteiger charge is -2.04. The highest BCUT2D eigenvalue weighted by Crippen LogP contribution is 2.31. The van der Waals surface area contributed by atoms with E-state index in [9.17, 15) is 9.59 Å². The van der Waals surface area contributed by atoms with Crippen molar-refractivity contribution < 1.29 is 4.79 Å². The average Bonchev–Trinajstić information content (AvgIpc) is 2.95. The Morgan fingerprint density at radius 3 is 2.76 bits per heavy atom. The number of carbonyl (C=O) groups is 1. The lowest BCUT2D eigenvalue weighted by atomic mass is 10.2. The number of thiophene rings is 1. The number of hydrogen-bond donors (Lipinski definition) is 0. The van der Waals surface area contributed by atoms with Gasteiger partial charge in [0.25, 0.3) is 5.56 Å². The largest absolute Gasteiger partial charge is 0.304 e. The third kappa shape index (κ3) is 2.62. The molecule has 8 heteroatoms. The molecule has 0 saturated carbocycles. The highest BCUT2D eigenvalue weighted by atomic mass is 35.5. The molecule has 0 spiro atoms. The van der Waals surface area contributed by atoms with E-state index in [-0.39, 0.29) is 17.9 Å². The molecule has 21 heavy (non-hydrogen) atoms. The van der Waals surface area contributed by atoms with Crippen molar-refractivity contribution in [2.45, 2.75) is 13.5 Å². The summed E-state index contributed by atoms with van der Waals surface area (Å²) in [5.74, 6) is -0.258. The first kappa shape index (κ1) is 14.3. The van der Waals surface area contributed by atoms with Gasteiger partial charge >= 0.3 is 0 Å². The summed E-state index contributed by atoms with van der Waals surface area (Å²) in [6.45, 7) is 1.71. The Labute approximate surface area is 133 Å². The summed E-state index contributed by atoms with van der Waals surface area (Å²) < 4.78 is 3.60. The molecule has 0 radical (unpaired) electrons. The van der Waals surface area contributed by atoms with Crippen molar-refractivity contribution in [1.82, 2.24) is 14.2 Å². The molecule has 0 N–H and O–H groups in total. The van der Waals surface area contributed by atoms with E-state index in [2.05, 4.69) is 5.10 Å². The van der Waals surface area contributed by atoms with E-state index in [1.54, 1.807) is 19.2 Å². The van der Waals surface area contributed by atoms with Gasteiger partial charge in [0.15, 0.2) is 5.78 Å². The first-order chi connectivity index (χ1) is 9.95. The van der Waals surface area contributed by atoms with Gasteiger partial charge in [0.1, 0.15) is 9.85 Å². The minimum atomic E-state index is -0.274. The van der Waals surface area contributed by atoms with E-state index in [0.717, 1.165) is 17.0 Å². The Morgan fingerprint density at radius 1 is 1.33 bits per heavy atom. The Bertz CT molecular complexity index is 910. The maximum atomic E-state index is 12.3. The van der Waals surface area contributed by atoms with Gasteiger partial charge in [-0.15, -0.1) is 11.3 Å². The third-order valence-electron chi connectivity index (χ3n) is 3.00. The molecule has 0 aliphatic heterocycles. The Hall–Kier alpha value is -1.63. The van der Waals surface area contributed by atoms with Crippen LogP contribution in [0.1, 0.15) is 16.1 Å². The van der Waals surface area contributed by atoms with Gasteiger partial charge in [-0.3, -0.25) is 9.59 Å². The minimum absolute atomic E-state index is 0.0909. The van der Waals surface area contributed by atoms with E-state index < -0.39 is 0 Å². The fourth-order valence-electron chi connectivity index (χ4n) is 2.04. The van der Waals surface area contributed by atoms with Gasteiger partial charge in [-0.25, -0.2) is 4.52 Å². The number of aryl methyl sites for hydroxylation is 1. The molecule has 3 aromatic heterocycles. The molecule has 3 aromatic rings. The van der Waals surface area contributed by atoms with E-state index in [1.807, 2.05) is 0 Å². The van der Waals surface area contributed by atoms with Crippen LogP contribution < -0.4 is 5.56 Å². The lowest BCUT2D eigenvalue weighted by molar-refractivity contribution is 0.0971. The van der Waals surface area contributed by atoms with Crippen molar-refractivity contribution in [3.8, 4) is 0 Å².